The van der Waals surface area contributed by atoms with Gasteiger partial charge >= 0.3 is 0 Å². The predicted octanol–water partition coefficient (Wildman–Crippen LogP) is 1.89. The van der Waals surface area contributed by atoms with E-state index in [2.05, 4.69) is 34.2 Å². The summed E-state index contributed by atoms with van der Waals surface area (Å²) in [5.41, 5.74) is 2.60. The summed E-state index contributed by atoms with van der Waals surface area (Å²) < 4.78 is 17.0. The average Bonchev–Trinajstić information content (AvgIpc) is 3.23. The van der Waals surface area contributed by atoms with Crippen LogP contribution in [0.1, 0.15) is 30.9 Å². The summed E-state index contributed by atoms with van der Waals surface area (Å²) in [5, 5.41) is 3.47. The first-order chi connectivity index (χ1) is 14.2. The number of guanidine groups is 1. The molecule has 0 amide bonds. The maximum absolute atomic E-state index is 6.09. The number of nitrogens with one attached hydrogen (secondary N) is 1. The second kappa shape index (κ2) is 9.22. The number of nitrogens with zero attached hydrogens (tertiary/aromatic N) is 3. The van der Waals surface area contributed by atoms with Crippen LogP contribution in [-0.4, -0.2) is 81.5 Å². The maximum Gasteiger partial charge on any atom is 0.194 e. The standard InChI is InChI=1S/C22H34N4O3/c1-4-23-22(24-12-19-14-25-8-5-6-18(25)15-29-19)26-9-7-16-10-20(27-2)21(28-3)11-17(16)13-26/h10-11,18-19H,4-9,12-15H2,1-3H3,(H,23,24). The van der Waals surface area contributed by atoms with Crippen molar-refractivity contribution < 1.29 is 14.2 Å². The van der Waals surface area contributed by atoms with Gasteiger partial charge in [-0.1, -0.05) is 0 Å². The van der Waals surface area contributed by atoms with Crippen LogP contribution in [-0.2, 0) is 17.7 Å². The third kappa shape index (κ3) is 4.46. The minimum Gasteiger partial charge on any atom is -0.493 e. The summed E-state index contributed by atoms with van der Waals surface area (Å²) >= 11 is 0. The van der Waals surface area contributed by atoms with Crippen LogP contribution in [0.4, 0.5) is 0 Å². The van der Waals surface area contributed by atoms with Gasteiger partial charge < -0.3 is 24.4 Å². The van der Waals surface area contributed by atoms with Crippen LogP contribution in [0.15, 0.2) is 17.1 Å². The fraction of sp³-hybridized carbons (Fsp3) is 0.682. The van der Waals surface area contributed by atoms with E-state index < -0.39 is 0 Å². The molecule has 2 fully saturated rings. The number of hydrogen-bond acceptors (Lipinski definition) is 5. The smallest absolute Gasteiger partial charge is 0.194 e. The molecule has 0 saturated carbocycles. The van der Waals surface area contributed by atoms with Gasteiger partial charge in [-0.2, -0.15) is 0 Å². The van der Waals surface area contributed by atoms with Gasteiger partial charge in [0.05, 0.1) is 33.5 Å². The Morgan fingerprint density at radius 1 is 1.21 bits per heavy atom. The second-order valence-corrected chi connectivity index (χ2v) is 8.09. The van der Waals surface area contributed by atoms with Gasteiger partial charge in [-0.15, -0.1) is 0 Å². The van der Waals surface area contributed by atoms with Crippen LogP contribution in [0.5, 0.6) is 11.5 Å². The van der Waals surface area contributed by atoms with Gasteiger partial charge in [0.1, 0.15) is 0 Å². The topological polar surface area (TPSA) is 58.6 Å². The van der Waals surface area contributed by atoms with E-state index in [0.29, 0.717) is 12.6 Å². The molecule has 2 saturated heterocycles. The molecule has 0 spiro atoms. The van der Waals surface area contributed by atoms with Crippen LogP contribution in [0.2, 0.25) is 0 Å². The summed E-state index contributed by atoms with van der Waals surface area (Å²) in [6.45, 7) is 8.52. The molecule has 0 aromatic heterocycles. The van der Waals surface area contributed by atoms with Gasteiger partial charge in [0, 0.05) is 32.2 Å². The molecule has 7 heteroatoms. The van der Waals surface area contributed by atoms with E-state index in [9.17, 15) is 0 Å². The number of rotatable bonds is 5. The van der Waals surface area contributed by atoms with Gasteiger partial charge in [-0.3, -0.25) is 9.89 Å². The molecule has 2 unspecified atom stereocenters. The number of fused-ring (bicyclic) bond motifs is 2. The molecule has 29 heavy (non-hydrogen) atoms. The Kier molecular flexibility index (Phi) is 6.45. The highest BCUT2D eigenvalue weighted by molar-refractivity contribution is 5.80. The number of benzene rings is 1. The number of methoxy groups -OCH3 is 2. The van der Waals surface area contributed by atoms with Crippen molar-refractivity contribution in [3.63, 3.8) is 0 Å². The first kappa shape index (κ1) is 20.3. The molecule has 0 bridgehead atoms. The van der Waals surface area contributed by atoms with Crippen molar-refractivity contribution in [2.45, 2.75) is 44.9 Å². The lowest BCUT2D eigenvalue weighted by atomic mass is 9.99. The van der Waals surface area contributed by atoms with E-state index in [-0.39, 0.29) is 6.10 Å². The summed E-state index contributed by atoms with van der Waals surface area (Å²) in [6, 6.07) is 4.84. The normalized spacial score (nSPS) is 24.8. The van der Waals surface area contributed by atoms with Crippen molar-refractivity contribution in [2.75, 3.05) is 53.6 Å². The Morgan fingerprint density at radius 2 is 2.00 bits per heavy atom. The minimum absolute atomic E-state index is 0.194. The Bertz CT molecular complexity index is 739. The fourth-order valence-electron chi connectivity index (χ4n) is 4.67. The molecule has 3 aliphatic heterocycles. The first-order valence-electron chi connectivity index (χ1n) is 10.8. The molecular formula is C22H34N4O3. The monoisotopic (exact) mass is 402 g/mol. The minimum atomic E-state index is 0.194. The van der Waals surface area contributed by atoms with E-state index in [0.717, 1.165) is 56.7 Å². The highest BCUT2D eigenvalue weighted by Crippen LogP contribution is 2.33. The van der Waals surface area contributed by atoms with Crippen LogP contribution in [0.25, 0.3) is 0 Å². The first-order valence-corrected chi connectivity index (χ1v) is 10.8. The van der Waals surface area contributed by atoms with E-state index in [1.54, 1.807) is 14.2 Å². The lowest BCUT2D eigenvalue weighted by molar-refractivity contribution is -0.0433. The van der Waals surface area contributed by atoms with Gasteiger partial charge in [-0.05, 0) is 56.0 Å². The van der Waals surface area contributed by atoms with E-state index >= 15 is 0 Å². The Balaban J connectivity index is 1.44. The maximum atomic E-state index is 6.09. The predicted molar refractivity (Wildman–Crippen MR) is 114 cm³/mol. The zero-order chi connectivity index (χ0) is 20.2. The van der Waals surface area contributed by atoms with Crippen molar-refractivity contribution in [3.05, 3.63) is 23.3 Å². The largest absolute Gasteiger partial charge is 0.493 e. The Morgan fingerprint density at radius 3 is 2.76 bits per heavy atom. The van der Waals surface area contributed by atoms with Gasteiger partial charge in [-0.25, -0.2) is 0 Å². The van der Waals surface area contributed by atoms with E-state index in [1.807, 2.05) is 0 Å². The van der Waals surface area contributed by atoms with Crippen molar-refractivity contribution in [1.82, 2.24) is 15.1 Å². The zero-order valence-corrected chi connectivity index (χ0v) is 17.9. The zero-order valence-electron chi connectivity index (χ0n) is 17.9. The molecule has 1 aromatic carbocycles. The van der Waals surface area contributed by atoms with Gasteiger partial charge in [0.2, 0.25) is 0 Å². The van der Waals surface area contributed by atoms with Gasteiger partial charge in [0.25, 0.3) is 0 Å². The summed E-state index contributed by atoms with van der Waals surface area (Å²) in [5.74, 6) is 2.56. The van der Waals surface area contributed by atoms with Crippen LogP contribution < -0.4 is 14.8 Å². The van der Waals surface area contributed by atoms with Crippen molar-refractivity contribution >= 4 is 5.96 Å². The van der Waals surface area contributed by atoms with E-state index in [1.165, 1.54) is 30.5 Å². The molecule has 0 aliphatic carbocycles. The average molecular weight is 403 g/mol. The third-order valence-corrected chi connectivity index (χ3v) is 6.26. The molecule has 160 valence electrons. The van der Waals surface area contributed by atoms with Crippen molar-refractivity contribution in [3.8, 4) is 11.5 Å². The molecule has 4 rings (SSSR count). The van der Waals surface area contributed by atoms with Crippen LogP contribution in [0.3, 0.4) is 0 Å². The molecule has 1 N–H and O–H groups in total. The van der Waals surface area contributed by atoms with E-state index in [4.69, 9.17) is 19.2 Å². The van der Waals surface area contributed by atoms with Crippen molar-refractivity contribution in [2.24, 2.45) is 4.99 Å². The molecule has 7 nitrogen and oxygen atoms in total. The van der Waals surface area contributed by atoms with Crippen LogP contribution >= 0.6 is 0 Å². The summed E-state index contributed by atoms with van der Waals surface area (Å²) in [7, 11) is 3.37. The highest BCUT2D eigenvalue weighted by atomic mass is 16.5. The molecule has 2 atom stereocenters. The number of aliphatic imine (C=N–C) groups is 1. The summed E-state index contributed by atoms with van der Waals surface area (Å²) in [4.78, 5) is 9.86. The number of ether oxygens (including phenoxy) is 3. The Hall–Kier alpha value is -1.99. The SMILES string of the molecule is CCNC(=NCC1CN2CCCC2CO1)N1CCc2cc(OC)c(OC)cc2C1. The lowest BCUT2D eigenvalue weighted by Crippen LogP contribution is -2.48. The number of morpholine rings is 1. The molecule has 0 radical (unpaired) electrons. The molecule has 3 aliphatic rings. The molecule has 1 aromatic rings. The Labute approximate surface area is 174 Å². The summed E-state index contributed by atoms with van der Waals surface area (Å²) in [6.07, 6.45) is 3.74. The lowest BCUT2D eigenvalue weighted by Gasteiger charge is -2.35. The molecule has 3 heterocycles. The second-order valence-electron chi connectivity index (χ2n) is 8.09. The van der Waals surface area contributed by atoms with Gasteiger partial charge in [0.15, 0.2) is 17.5 Å². The molecular weight excluding hydrogens is 368 g/mol. The van der Waals surface area contributed by atoms with Crippen molar-refractivity contribution in [1.29, 1.82) is 0 Å². The highest BCUT2D eigenvalue weighted by Gasteiger charge is 2.32. The third-order valence-electron chi connectivity index (χ3n) is 6.26. The van der Waals surface area contributed by atoms with Crippen LogP contribution in [0, 0.1) is 0 Å². The quantitative estimate of drug-likeness (QED) is 0.600. The fourth-order valence-corrected chi connectivity index (χ4v) is 4.67. The number of hydrogen-bond donors (Lipinski definition) is 1.